The highest BCUT2D eigenvalue weighted by Gasteiger charge is 2.16. The number of hydrogen-bond donors (Lipinski definition) is 2. The molecule has 0 aromatic heterocycles. The van der Waals surface area contributed by atoms with Crippen molar-refractivity contribution in [3.05, 3.63) is 53.6 Å². The van der Waals surface area contributed by atoms with Gasteiger partial charge in [0.15, 0.2) is 0 Å². The Balaban J connectivity index is 1.95. The molecule has 26 heavy (non-hydrogen) atoms. The molecule has 0 heterocycles. The molecule has 0 radical (unpaired) electrons. The van der Waals surface area contributed by atoms with E-state index in [1.165, 1.54) is 11.8 Å². The van der Waals surface area contributed by atoms with Crippen LogP contribution in [0.4, 0.5) is 11.4 Å². The lowest BCUT2D eigenvalue weighted by Gasteiger charge is -2.15. The van der Waals surface area contributed by atoms with Crippen molar-refractivity contribution in [1.29, 1.82) is 0 Å². The highest BCUT2D eigenvalue weighted by molar-refractivity contribution is 8.00. The van der Waals surface area contributed by atoms with Crippen LogP contribution in [-0.2, 0) is 9.59 Å². The van der Waals surface area contributed by atoms with Crippen LogP contribution >= 0.6 is 11.8 Å². The van der Waals surface area contributed by atoms with E-state index in [0.29, 0.717) is 6.42 Å². The summed E-state index contributed by atoms with van der Waals surface area (Å²) < 4.78 is 0. The standard InChI is InChI=1S/C21H26N2O2S/c1-5-7-19(24)22-17-10-12-18(13-11-17)26-16(4)21(25)23-20-14(2)8-6-9-15(20)3/h6,8-13,16H,5,7H2,1-4H3,(H,22,24)(H,23,25). The average molecular weight is 371 g/mol. The van der Waals surface area contributed by atoms with Crippen molar-refractivity contribution in [2.24, 2.45) is 0 Å². The Bertz CT molecular complexity index is 752. The van der Waals surface area contributed by atoms with Gasteiger partial charge in [-0.15, -0.1) is 11.8 Å². The molecule has 0 aliphatic rings. The summed E-state index contributed by atoms with van der Waals surface area (Å²) in [6.07, 6.45) is 1.35. The van der Waals surface area contributed by atoms with E-state index in [4.69, 9.17) is 0 Å². The fourth-order valence-electron chi connectivity index (χ4n) is 2.56. The van der Waals surface area contributed by atoms with Crippen LogP contribution in [0, 0.1) is 13.8 Å². The Morgan fingerprint density at radius 2 is 1.62 bits per heavy atom. The summed E-state index contributed by atoms with van der Waals surface area (Å²) in [7, 11) is 0. The number of hydrogen-bond acceptors (Lipinski definition) is 3. The molecule has 4 nitrogen and oxygen atoms in total. The molecule has 0 bridgehead atoms. The maximum atomic E-state index is 12.5. The third kappa shape index (κ3) is 5.63. The molecule has 2 rings (SSSR count). The number of nitrogens with one attached hydrogen (secondary N) is 2. The fraction of sp³-hybridized carbons (Fsp3) is 0.333. The zero-order valence-corrected chi connectivity index (χ0v) is 16.6. The number of para-hydroxylation sites is 1. The summed E-state index contributed by atoms with van der Waals surface area (Å²) in [6.45, 7) is 7.85. The molecule has 2 aromatic carbocycles. The second-order valence-electron chi connectivity index (χ2n) is 6.34. The van der Waals surface area contributed by atoms with Crippen molar-refractivity contribution in [2.45, 2.75) is 50.7 Å². The third-order valence-electron chi connectivity index (χ3n) is 4.03. The molecule has 1 unspecified atom stereocenters. The second-order valence-corrected chi connectivity index (χ2v) is 7.75. The second kappa shape index (κ2) is 9.43. The number of rotatable bonds is 7. The summed E-state index contributed by atoms with van der Waals surface area (Å²) >= 11 is 1.50. The first-order valence-electron chi connectivity index (χ1n) is 8.84. The van der Waals surface area contributed by atoms with Crippen LogP contribution in [0.1, 0.15) is 37.8 Å². The fourth-order valence-corrected chi connectivity index (χ4v) is 3.43. The van der Waals surface area contributed by atoms with E-state index in [9.17, 15) is 9.59 Å². The normalized spacial score (nSPS) is 11.7. The molecule has 2 aromatic rings. The minimum Gasteiger partial charge on any atom is -0.326 e. The van der Waals surface area contributed by atoms with E-state index in [0.717, 1.165) is 33.8 Å². The number of aryl methyl sites for hydroxylation is 2. The third-order valence-corrected chi connectivity index (χ3v) is 5.14. The molecule has 0 saturated heterocycles. The Morgan fingerprint density at radius 1 is 1.00 bits per heavy atom. The van der Waals surface area contributed by atoms with Gasteiger partial charge in [0.2, 0.25) is 11.8 Å². The van der Waals surface area contributed by atoms with Gasteiger partial charge < -0.3 is 10.6 Å². The number of amides is 2. The maximum absolute atomic E-state index is 12.5. The van der Waals surface area contributed by atoms with Crippen LogP contribution in [0.3, 0.4) is 0 Å². The highest BCUT2D eigenvalue weighted by Crippen LogP contribution is 2.27. The predicted molar refractivity (Wildman–Crippen MR) is 110 cm³/mol. The van der Waals surface area contributed by atoms with Crippen molar-refractivity contribution in [3.63, 3.8) is 0 Å². The quantitative estimate of drug-likeness (QED) is 0.662. The van der Waals surface area contributed by atoms with E-state index in [1.807, 2.05) is 70.2 Å². The molecule has 0 spiro atoms. The largest absolute Gasteiger partial charge is 0.326 e. The molecule has 5 heteroatoms. The first-order chi connectivity index (χ1) is 12.4. The minimum atomic E-state index is -0.227. The van der Waals surface area contributed by atoms with Crippen molar-refractivity contribution < 1.29 is 9.59 Å². The van der Waals surface area contributed by atoms with Crippen molar-refractivity contribution in [3.8, 4) is 0 Å². The van der Waals surface area contributed by atoms with Gasteiger partial charge in [0.1, 0.15) is 0 Å². The summed E-state index contributed by atoms with van der Waals surface area (Å²) in [5.41, 5.74) is 3.78. The van der Waals surface area contributed by atoms with Gasteiger partial charge in [-0.3, -0.25) is 9.59 Å². The number of benzene rings is 2. The Morgan fingerprint density at radius 3 is 2.19 bits per heavy atom. The number of anilines is 2. The molecule has 138 valence electrons. The Kier molecular flexibility index (Phi) is 7.27. The van der Waals surface area contributed by atoms with E-state index >= 15 is 0 Å². The summed E-state index contributed by atoms with van der Waals surface area (Å²) in [5.74, 6) is 0.00183. The van der Waals surface area contributed by atoms with Crippen LogP contribution < -0.4 is 10.6 Å². The Hall–Kier alpha value is -2.27. The summed E-state index contributed by atoms with van der Waals surface area (Å²) in [5, 5.41) is 5.67. The molecular formula is C21H26N2O2S. The number of carbonyl (C=O) groups excluding carboxylic acids is 2. The zero-order chi connectivity index (χ0) is 19.1. The van der Waals surface area contributed by atoms with E-state index in [1.54, 1.807) is 0 Å². The number of carbonyl (C=O) groups is 2. The highest BCUT2D eigenvalue weighted by atomic mass is 32.2. The topological polar surface area (TPSA) is 58.2 Å². The SMILES string of the molecule is CCCC(=O)Nc1ccc(SC(C)C(=O)Nc2c(C)cccc2C)cc1. The van der Waals surface area contributed by atoms with Gasteiger partial charge in [-0.1, -0.05) is 25.1 Å². The van der Waals surface area contributed by atoms with Crippen molar-refractivity contribution in [1.82, 2.24) is 0 Å². The first kappa shape index (κ1) is 20.0. The molecule has 0 saturated carbocycles. The van der Waals surface area contributed by atoms with Gasteiger partial charge >= 0.3 is 0 Å². The van der Waals surface area contributed by atoms with Crippen LogP contribution in [-0.4, -0.2) is 17.1 Å². The number of thioether (sulfide) groups is 1. The van der Waals surface area contributed by atoms with Gasteiger partial charge in [0.05, 0.1) is 5.25 Å². The molecule has 0 aliphatic heterocycles. The summed E-state index contributed by atoms with van der Waals surface area (Å²) in [6, 6.07) is 13.6. The van der Waals surface area contributed by atoms with Crippen molar-refractivity contribution in [2.75, 3.05) is 10.6 Å². The summed E-state index contributed by atoms with van der Waals surface area (Å²) in [4.78, 5) is 25.1. The van der Waals surface area contributed by atoms with Crippen LogP contribution in [0.15, 0.2) is 47.4 Å². The molecule has 0 fully saturated rings. The van der Waals surface area contributed by atoms with Crippen LogP contribution in [0.25, 0.3) is 0 Å². The lowest BCUT2D eigenvalue weighted by atomic mass is 10.1. The minimum absolute atomic E-state index is 0.0206. The molecular weight excluding hydrogens is 344 g/mol. The molecule has 0 aliphatic carbocycles. The van der Waals surface area contributed by atoms with Crippen LogP contribution in [0.2, 0.25) is 0 Å². The van der Waals surface area contributed by atoms with Gasteiger partial charge in [-0.2, -0.15) is 0 Å². The first-order valence-corrected chi connectivity index (χ1v) is 9.72. The van der Waals surface area contributed by atoms with Crippen LogP contribution in [0.5, 0.6) is 0 Å². The zero-order valence-electron chi connectivity index (χ0n) is 15.8. The van der Waals surface area contributed by atoms with Crippen molar-refractivity contribution >= 4 is 35.0 Å². The smallest absolute Gasteiger partial charge is 0.237 e. The van der Waals surface area contributed by atoms with Gasteiger partial charge in [-0.25, -0.2) is 0 Å². The lowest BCUT2D eigenvalue weighted by molar-refractivity contribution is -0.116. The van der Waals surface area contributed by atoms with E-state index < -0.39 is 0 Å². The van der Waals surface area contributed by atoms with E-state index in [-0.39, 0.29) is 17.1 Å². The van der Waals surface area contributed by atoms with Gasteiger partial charge in [0, 0.05) is 22.7 Å². The predicted octanol–water partition coefficient (Wildman–Crippen LogP) is 5.16. The van der Waals surface area contributed by atoms with E-state index in [2.05, 4.69) is 10.6 Å². The Labute approximate surface area is 159 Å². The molecule has 2 N–H and O–H groups in total. The monoisotopic (exact) mass is 370 g/mol. The maximum Gasteiger partial charge on any atom is 0.237 e. The average Bonchev–Trinajstić information content (AvgIpc) is 2.60. The lowest BCUT2D eigenvalue weighted by Crippen LogP contribution is -2.23. The molecule has 2 amide bonds. The molecule has 1 atom stereocenters. The van der Waals surface area contributed by atoms with Gasteiger partial charge in [-0.05, 0) is 62.6 Å². The van der Waals surface area contributed by atoms with Gasteiger partial charge in [0.25, 0.3) is 0 Å².